The van der Waals surface area contributed by atoms with Gasteiger partial charge in [0.1, 0.15) is 0 Å². The van der Waals surface area contributed by atoms with Gasteiger partial charge in [-0.1, -0.05) is 40.5 Å². The smallest absolute Gasteiger partial charge is 0.0329 e. The van der Waals surface area contributed by atoms with Crippen molar-refractivity contribution in [3.05, 3.63) is 0 Å². The second-order valence-electron chi connectivity index (χ2n) is 4.50. The van der Waals surface area contributed by atoms with Gasteiger partial charge < -0.3 is 0 Å². The molecule has 0 spiro atoms. The summed E-state index contributed by atoms with van der Waals surface area (Å²) in [6.07, 6.45) is 11.4. The number of hydrogen-bond donors (Lipinski definition) is 0. The van der Waals surface area contributed by atoms with Crippen LogP contribution in [-0.2, 0) is 0 Å². The molecule has 0 aromatic rings. The Morgan fingerprint density at radius 3 is 1.06 bits per heavy atom. The molecular weight excluding hydrogens is 301 g/mol. The molecule has 0 bridgehead atoms. The lowest BCUT2D eigenvalue weighted by molar-refractivity contribution is 0.891. The molecule has 0 aliphatic carbocycles. The maximum Gasteiger partial charge on any atom is -0.0329 e. The quantitative estimate of drug-likeness (QED) is 0.433. The summed E-state index contributed by atoms with van der Waals surface area (Å²) in [5, 5.41) is 0. The maximum atomic E-state index is 2.39. The van der Waals surface area contributed by atoms with Gasteiger partial charge in [0, 0.05) is 0 Å². The molecule has 0 aliphatic rings. The van der Waals surface area contributed by atoms with Gasteiger partial charge in [-0.25, -0.2) is 0 Å². The zero-order valence-corrected chi connectivity index (χ0v) is 16.8. The average molecular weight is 337 g/mol. The summed E-state index contributed by atoms with van der Waals surface area (Å²) in [7, 11) is 0.832. The van der Waals surface area contributed by atoms with E-state index >= 15 is 0 Å². The predicted octanol–water partition coefficient (Wildman–Crippen LogP) is 6.68. The largest absolute Gasteiger partial charge is 0.147 e. The monoisotopic (exact) mass is 336 g/mol. The van der Waals surface area contributed by atoms with Gasteiger partial charge in [0.15, 0.2) is 0 Å². The highest BCUT2D eigenvalue weighted by Gasteiger charge is 1.94. The van der Waals surface area contributed by atoms with Crippen molar-refractivity contribution < 1.29 is 0 Å². The van der Waals surface area contributed by atoms with E-state index in [1.54, 1.807) is 0 Å². The molecule has 0 N–H and O–H groups in total. The Balaban J connectivity index is -0.0000000980. The fraction of sp³-hybridized carbons (Fsp3) is 1.00. The summed E-state index contributed by atoms with van der Waals surface area (Å²) in [5.74, 6) is 0. The Kier molecular flexibility index (Phi) is 36.2. The summed E-state index contributed by atoms with van der Waals surface area (Å²) in [6, 6.07) is 0. The van der Waals surface area contributed by atoms with Crippen LogP contribution < -0.4 is 0 Å². The van der Waals surface area contributed by atoms with E-state index in [9.17, 15) is 0 Å². The first-order chi connectivity index (χ1) is 7.62. The minimum atomic E-state index is 0. The van der Waals surface area contributed by atoms with Crippen LogP contribution in [-0.4, -0.2) is 38.0 Å². The highest BCUT2D eigenvalue weighted by Crippen LogP contribution is 2.30. The normalized spacial score (nSPS) is 12.3. The lowest BCUT2D eigenvalue weighted by Gasteiger charge is -2.05. The molecule has 116 valence electrons. The molecule has 0 amide bonds. The molecule has 2 atom stereocenters. The summed E-state index contributed by atoms with van der Waals surface area (Å²) >= 11 is 0. The summed E-state index contributed by atoms with van der Waals surface area (Å²) < 4.78 is 0. The van der Waals surface area contributed by atoms with E-state index in [0.29, 0.717) is 15.8 Å². The Bertz CT molecular complexity index is 110. The van der Waals surface area contributed by atoms with Crippen LogP contribution in [0, 0.1) is 0 Å². The second kappa shape index (κ2) is 23.5. The molecule has 0 aliphatic heterocycles. The third-order valence-electron chi connectivity index (χ3n) is 2.87. The third-order valence-corrected chi connectivity index (χ3v) is 7.19. The van der Waals surface area contributed by atoms with Crippen molar-refractivity contribution in [2.75, 3.05) is 38.0 Å². The minimum absolute atomic E-state index is 0. The van der Waals surface area contributed by atoms with E-state index in [2.05, 4.69) is 41.0 Å². The van der Waals surface area contributed by atoms with E-state index in [1.807, 2.05) is 0 Å². The van der Waals surface area contributed by atoms with Gasteiger partial charge in [0.25, 0.3) is 0 Å². The standard InChI is InChI=1S/2C7H17P.2ClH/c2*1-4-6-7-8(3)5-2;;/h2*4-7H2,1-3H3;2*1H. The zero-order chi connectivity index (χ0) is 12.8. The van der Waals surface area contributed by atoms with Gasteiger partial charge in [-0.3, -0.25) is 0 Å². The molecule has 0 aromatic heterocycles. The Morgan fingerprint density at radius 2 is 0.889 bits per heavy atom. The number of unbranched alkanes of at least 4 members (excludes halogenated alkanes) is 2. The van der Waals surface area contributed by atoms with Crippen molar-refractivity contribution in [2.45, 2.75) is 53.4 Å². The predicted molar refractivity (Wildman–Crippen MR) is 101 cm³/mol. The number of halogens is 2. The van der Waals surface area contributed by atoms with Crippen LogP contribution in [0.4, 0.5) is 0 Å². The molecule has 0 radical (unpaired) electrons. The maximum absolute atomic E-state index is 2.39. The molecule has 18 heavy (non-hydrogen) atoms. The van der Waals surface area contributed by atoms with Crippen LogP contribution in [0.15, 0.2) is 0 Å². The molecule has 4 heteroatoms. The van der Waals surface area contributed by atoms with Gasteiger partial charge >= 0.3 is 0 Å². The highest BCUT2D eigenvalue weighted by molar-refractivity contribution is 7.57. The lowest BCUT2D eigenvalue weighted by Crippen LogP contribution is -1.83. The fourth-order valence-corrected chi connectivity index (χ4v) is 3.52. The van der Waals surface area contributed by atoms with Crippen molar-refractivity contribution in [3.8, 4) is 0 Å². The van der Waals surface area contributed by atoms with Gasteiger partial charge in [0.2, 0.25) is 0 Å². The van der Waals surface area contributed by atoms with Crippen LogP contribution in [0.5, 0.6) is 0 Å². The molecule has 0 fully saturated rings. The first-order valence-electron chi connectivity index (χ1n) is 6.99. The minimum Gasteiger partial charge on any atom is -0.147 e. The highest BCUT2D eigenvalue weighted by atomic mass is 35.5. The van der Waals surface area contributed by atoms with Crippen LogP contribution in [0.1, 0.15) is 53.4 Å². The molecule has 0 nitrogen and oxygen atoms in total. The van der Waals surface area contributed by atoms with Crippen molar-refractivity contribution in [3.63, 3.8) is 0 Å². The first-order valence-corrected chi connectivity index (χ1v) is 11.3. The first kappa shape index (κ1) is 27.7. The summed E-state index contributed by atoms with van der Waals surface area (Å²) in [6.45, 7) is 13.9. The lowest BCUT2D eigenvalue weighted by atomic mass is 10.4. The van der Waals surface area contributed by atoms with E-state index in [-0.39, 0.29) is 24.8 Å². The SMILES string of the molecule is CCCCP(C)CC.CCCCP(C)CC.Cl.Cl. The average Bonchev–Trinajstić information content (AvgIpc) is 2.33. The van der Waals surface area contributed by atoms with Crippen LogP contribution in [0.3, 0.4) is 0 Å². The Hall–Kier alpha value is 1.44. The zero-order valence-electron chi connectivity index (χ0n) is 13.4. The van der Waals surface area contributed by atoms with Crippen molar-refractivity contribution in [1.82, 2.24) is 0 Å². The van der Waals surface area contributed by atoms with Crippen LogP contribution in [0.2, 0.25) is 0 Å². The van der Waals surface area contributed by atoms with Gasteiger partial charge in [-0.05, 0) is 50.8 Å². The molecule has 0 aromatic carbocycles. The molecule has 0 saturated carbocycles. The van der Waals surface area contributed by atoms with Crippen molar-refractivity contribution in [2.24, 2.45) is 0 Å². The number of hydrogen-bond acceptors (Lipinski definition) is 0. The molecular formula is C14H36Cl2P2. The molecule has 2 unspecified atom stereocenters. The van der Waals surface area contributed by atoms with Crippen LogP contribution >= 0.6 is 40.7 Å². The molecule has 0 rings (SSSR count). The fourth-order valence-electron chi connectivity index (χ4n) is 1.17. The van der Waals surface area contributed by atoms with E-state index in [1.165, 1.54) is 50.3 Å². The van der Waals surface area contributed by atoms with E-state index < -0.39 is 0 Å². The van der Waals surface area contributed by atoms with E-state index in [4.69, 9.17) is 0 Å². The van der Waals surface area contributed by atoms with Crippen molar-refractivity contribution in [1.29, 1.82) is 0 Å². The van der Waals surface area contributed by atoms with E-state index in [0.717, 1.165) is 0 Å². The van der Waals surface area contributed by atoms with Gasteiger partial charge in [-0.2, -0.15) is 0 Å². The summed E-state index contributed by atoms with van der Waals surface area (Å²) in [5.41, 5.74) is 0. The second-order valence-corrected chi connectivity index (χ2v) is 10.1. The Morgan fingerprint density at radius 1 is 0.611 bits per heavy atom. The van der Waals surface area contributed by atoms with Crippen molar-refractivity contribution >= 4 is 40.7 Å². The van der Waals surface area contributed by atoms with Gasteiger partial charge in [-0.15, -0.1) is 40.7 Å². The topological polar surface area (TPSA) is 0 Å². The molecule has 0 saturated heterocycles. The molecule has 0 heterocycles. The number of rotatable bonds is 8. The van der Waals surface area contributed by atoms with Crippen LogP contribution in [0.25, 0.3) is 0 Å². The third kappa shape index (κ3) is 26.1. The summed E-state index contributed by atoms with van der Waals surface area (Å²) in [4.78, 5) is 0. The Labute approximate surface area is 132 Å². The van der Waals surface area contributed by atoms with Gasteiger partial charge in [0.05, 0.1) is 0 Å².